The second-order valence-electron chi connectivity index (χ2n) is 9.03. The number of ether oxygens (including phenoxy) is 1. The predicted octanol–water partition coefficient (Wildman–Crippen LogP) is 4.13. The summed E-state index contributed by atoms with van der Waals surface area (Å²) < 4.78 is 76.2. The average Bonchev–Trinajstić information content (AvgIpc) is 3.40. The monoisotopic (exact) mass is 605 g/mol. The van der Waals surface area contributed by atoms with Gasteiger partial charge in [0.25, 0.3) is 5.01 Å². The molecule has 0 saturated carbocycles. The van der Waals surface area contributed by atoms with E-state index in [2.05, 4.69) is 0 Å². The molecular formula is C26H25N2O7S4-. The summed E-state index contributed by atoms with van der Waals surface area (Å²) in [6.45, 7) is 0.649. The highest BCUT2D eigenvalue weighted by Crippen LogP contribution is 2.48. The molecular weight excluding hydrogens is 581 g/mol. The van der Waals surface area contributed by atoms with Gasteiger partial charge in [0.2, 0.25) is 5.52 Å². The highest BCUT2D eigenvalue weighted by molar-refractivity contribution is 8.04. The maximum absolute atomic E-state index is 11.3. The first-order valence-electron chi connectivity index (χ1n) is 12.1. The number of hydrogen-bond acceptors (Lipinski definition) is 10. The SMILES string of the molecule is COc1ccc2c(c1)S/C(=C\c1sc3ccc4ccccc4c3[n+]1CCCS(=O)(=O)[O-])N2CCCS(=O)(=O)[O-]. The number of anilines is 1. The molecule has 0 N–H and O–H groups in total. The Bertz CT molecular complexity index is 1800. The number of rotatable bonds is 10. The van der Waals surface area contributed by atoms with Crippen LogP contribution in [-0.4, -0.2) is 51.1 Å². The quantitative estimate of drug-likeness (QED) is 0.193. The lowest BCUT2D eigenvalue weighted by Gasteiger charge is -2.20. The summed E-state index contributed by atoms with van der Waals surface area (Å²) in [4.78, 5) is 2.92. The zero-order chi connectivity index (χ0) is 27.8. The third-order valence-corrected chi connectivity index (χ3v) is 10.1. The Kier molecular flexibility index (Phi) is 7.91. The Morgan fingerprint density at radius 3 is 2.46 bits per heavy atom. The number of hydrogen-bond donors (Lipinski definition) is 0. The molecule has 0 amide bonds. The molecule has 1 aromatic heterocycles. The third kappa shape index (κ3) is 6.39. The second kappa shape index (κ2) is 11.1. The molecule has 2 heterocycles. The highest BCUT2D eigenvalue weighted by atomic mass is 32.2. The van der Waals surface area contributed by atoms with E-state index in [0.717, 1.165) is 41.6 Å². The summed E-state index contributed by atoms with van der Waals surface area (Å²) in [5.41, 5.74) is 1.84. The molecule has 13 heteroatoms. The van der Waals surface area contributed by atoms with Gasteiger partial charge in [0.1, 0.15) is 10.4 Å². The van der Waals surface area contributed by atoms with Crippen molar-refractivity contribution in [2.75, 3.05) is 30.1 Å². The van der Waals surface area contributed by atoms with Crippen molar-refractivity contribution in [3.05, 3.63) is 64.6 Å². The number of benzene rings is 3. The van der Waals surface area contributed by atoms with Crippen molar-refractivity contribution in [3.8, 4) is 5.75 Å². The van der Waals surface area contributed by atoms with Crippen LogP contribution in [0.15, 0.2) is 64.5 Å². The van der Waals surface area contributed by atoms with Gasteiger partial charge in [-0.2, -0.15) is 4.57 Å². The average molecular weight is 606 g/mol. The van der Waals surface area contributed by atoms with E-state index in [1.807, 2.05) is 70.1 Å². The largest absolute Gasteiger partial charge is 0.748 e. The van der Waals surface area contributed by atoms with E-state index in [1.54, 1.807) is 18.4 Å². The number of aromatic nitrogens is 1. The van der Waals surface area contributed by atoms with Gasteiger partial charge >= 0.3 is 0 Å². The molecule has 0 radical (unpaired) electrons. The van der Waals surface area contributed by atoms with Crippen molar-refractivity contribution in [2.45, 2.75) is 24.3 Å². The lowest BCUT2D eigenvalue weighted by atomic mass is 10.1. The number of aryl methyl sites for hydroxylation is 1. The van der Waals surface area contributed by atoms with Crippen molar-refractivity contribution in [1.82, 2.24) is 0 Å². The lowest BCUT2D eigenvalue weighted by Crippen LogP contribution is -2.36. The Morgan fingerprint density at radius 1 is 0.974 bits per heavy atom. The fourth-order valence-electron chi connectivity index (χ4n) is 4.66. The van der Waals surface area contributed by atoms with Gasteiger partial charge in [-0.05, 0) is 42.1 Å². The molecule has 0 atom stereocenters. The Hall–Kier alpha value is -2.68. The van der Waals surface area contributed by atoms with Crippen LogP contribution in [0.3, 0.4) is 0 Å². The summed E-state index contributed by atoms with van der Waals surface area (Å²) in [7, 11) is -7.12. The van der Waals surface area contributed by atoms with Crippen molar-refractivity contribution in [2.24, 2.45) is 0 Å². The van der Waals surface area contributed by atoms with Crippen molar-refractivity contribution in [3.63, 3.8) is 0 Å². The number of methoxy groups -OCH3 is 1. The van der Waals surface area contributed by atoms with E-state index < -0.39 is 31.7 Å². The summed E-state index contributed by atoms with van der Waals surface area (Å²) in [6, 6.07) is 17.6. The van der Waals surface area contributed by atoms with Gasteiger partial charge in [-0.1, -0.05) is 47.4 Å². The molecule has 1 aliphatic heterocycles. The highest BCUT2D eigenvalue weighted by Gasteiger charge is 2.29. The third-order valence-electron chi connectivity index (χ3n) is 6.35. The van der Waals surface area contributed by atoms with Crippen LogP contribution in [-0.2, 0) is 26.8 Å². The van der Waals surface area contributed by atoms with Gasteiger partial charge in [-0.3, -0.25) is 0 Å². The van der Waals surface area contributed by atoms with Crippen LogP contribution in [0.25, 0.3) is 27.1 Å². The van der Waals surface area contributed by atoms with E-state index in [0.29, 0.717) is 18.8 Å². The van der Waals surface area contributed by atoms with Crippen LogP contribution in [0, 0.1) is 0 Å². The number of thiazole rings is 1. The van der Waals surface area contributed by atoms with Crippen LogP contribution in [0.4, 0.5) is 5.69 Å². The minimum absolute atomic E-state index is 0.160. The number of thioether (sulfide) groups is 1. The van der Waals surface area contributed by atoms with Gasteiger partial charge in [0, 0.05) is 29.4 Å². The topological polar surface area (TPSA) is 131 Å². The normalized spacial score (nSPS) is 14.9. The smallest absolute Gasteiger partial charge is 0.265 e. The van der Waals surface area contributed by atoms with Gasteiger partial charge in [-0.15, -0.1) is 0 Å². The number of nitrogens with zero attached hydrogens (tertiary/aromatic N) is 2. The predicted molar refractivity (Wildman–Crippen MR) is 152 cm³/mol. The molecule has 0 unspecified atom stereocenters. The second-order valence-corrected chi connectivity index (χ2v) is 14.2. The Morgan fingerprint density at radius 2 is 1.72 bits per heavy atom. The van der Waals surface area contributed by atoms with Crippen molar-refractivity contribution in [1.29, 1.82) is 0 Å². The molecule has 3 aromatic carbocycles. The molecule has 5 rings (SSSR count). The van der Waals surface area contributed by atoms with Crippen LogP contribution in [0.2, 0.25) is 0 Å². The van der Waals surface area contributed by atoms with Gasteiger partial charge in [0.05, 0.1) is 49.5 Å². The van der Waals surface area contributed by atoms with E-state index in [-0.39, 0.29) is 12.8 Å². The molecule has 206 valence electrons. The fourth-order valence-corrected chi connectivity index (χ4v) is 7.99. The molecule has 0 spiro atoms. The van der Waals surface area contributed by atoms with Gasteiger partial charge in [0.15, 0.2) is 6.54 Å². The zero-order valence-electron chi connectivity index (χ0n) is 20.9. The first kappa shape index (κ1) is 27.9. The molecule has 0 saturated heterocycles. The Labute approximate surface area is 235 Å². The number of fused-ring (bicyclic) bond motifs is 4. The van der Waals surface area contributed by atoms with Crippen molar-refractivity contribution >= 4 is 76.1 Å². The van der Waals surface area contributed by atoms with E-state index in [4.69, 9.17) is 4.74 Å². The molecule has 4 aromatic rings. The molecule has 0 fully saturated rings. The van der Waals surface area contributed by atoms with Crippen LogP contribution < -0.4 is 14.2 Å². The minimum Gasteiger partial charge on any atom is -0.748 e. The molecule has 9 nitrogen and oxygen atoms in total. The Balaban J connectivity index is 1.60. The maximum Gasteiger partial charge on any atom is 0.265 e. The minimum atomic E-state index is -4.36. The van der Waals surface area contributed by atoms with E-state index in [9.17, 15) is 25.9 Å². The van der Waals surface area contributed by atoms with E-state index >= 15 is 0 Å². The van der Waals surface area contributed by atoms with Gasteiger partial charge in [-0.25, -0.2) is 16.8 Å². The van der Waals surface area contributed by atoms with Crippen LogP contribution in [0.5, 0.6) is 5.75 Å². The lowest BCUT2D eigenvalue weighted by molar-refractivity contribution is -0.667. The summed E-state index contributed by atoms with van der Waals surface area (Å²) in [5, 5.41) is 3.75. The molecule has 39 heavy (non-hydrogen) atoms. The first-order valence-corrected chi connectivity index (χ1v) is 16.9. The summed E-state index contributed by atoms with van der Waals surface area (Å²) in [6.07, 6.45) is 2.32. The molecule has 1 aliphatic rings. The summed E-state index contributed by atoms with van der Waals surface area (Å²) in [5.74, 6) is -0.244. The molecule has 0 bridgehead atoms. The first-order chi connectivity index (χ1) is 18.5. The fraction of sp³-hybridized carbons (Fsp3) is 0.269. The van der Waals surface area contributed by atoms with E-state index in [1.165, 1.54) is 11.8 Å². The van der Waals surface area contributed by atoms with Crippen molar-refractivity contribution < 1.29 is 35.2 Å². The van der Waals surface area contributed by atoms with Gasteiger partial charge < -0.3 is 18.7 Å². The standard InChI is InChI=1S/C26H26N2O7S4/c1-35-19-9-10-21-23(16-19)37-24(27(21)12-4-14-38(29,30)31)17-25-28(13-5-15-39(32,33)34)26-20-7-3-2-6-18(20)8-11-22(26)36-25/h2-3,6-11,16-17H,4-5,12-15H2,1H3,(H-,29,30,31,32,33,34)/p-1. The van der Waals surface area contributed by atoms with Crippen LogP contribution >= 0.6 is 23.1 Å². The molecule has 0 aliphatic carbocycles. The zero-order valence-corrected chi connectivity index (χ0v) is 24.2. The van der Waals surface area contributed by atoms with Crippen LogP contribution in [0.1, 0.15) is 17.8 Å². The summed E-state index contributed by atoms with van der Waals surface area (Å²) >= 11 is 3.05. The maximum atomic E-state index is 11.3.